The predicted molar refractivity (Wildman–Crippen MR) is 84.5 cm³/mol. The molecule has 0 spiro atoms. The molecule has 0 unspecified atom stereocenters. The number of aromatic amines is 1. The number of pyridine rings is 1. The summed E-state index contributed by atoms with van der Waals surface area (Å²) in [7, 11) is 9.78. The van der Waals surface area contributed by atoms with Crippen molar-refractivity contribution in [3.8, 4) is 0 Å². The van der Waals surface area contributed by atoms with Gasteiger partial charge in [0.05, 0.1) is 0 Å². The van der Waals surface area contributed by atoms with Crippen LogP contribution >= 0.6 is 19.2 Å². The van der Waals surface area contributed by atoms with Crippen LogP contribution in [0.15, 0.2) is 29.2 Å². The zero-order valence-corrected chi connectivity index (χ0v) is 16.2. The van der Waals surface area contributed by atoms with Crippen molar-refractivity contribution >= 4 is 19.2 Å². The van der Waals surface area contributed by atoms with Crippen LogP contribution in [0.25, 0.3) is 0 Å². The molecule has 2 rings (SSSR count). The van der Waals surface area contributed by atoms with Gasteiger partial charge in [0.2, 0.25) is 5.56 Å². The topological polar surface area (TPSA) is 32.9 Å². The SMILES string of the molecule is Cc1c(C)c(C)[c-](C)c1C.O=c1cccc[nH]1.[Cl][Ir+][Cl]. The molecule has 114 valence electrons. The molecule has 0 bridgehead atoms. The molecule has 0 saturated heterocycles. The van der Waals surface area contributed by atoms with Crippen LogP contribution in [0.1, 0.15) is 27.8 Å². The summed E-state index contributed by atoms with van der Waals surface area (Å²) in [5.41, 5.74) is 7.28. The van der Waals surface area contributed by atoms with E-state index in [4.69, 9.17) is 19.2 Å². The van der Waals surface area contributed by atoms with Crippen molar-refractivity contribution in [3.05, 3.63) is 62.6 Å². The van der Waals surface area contributed by atoms with Crippen molar-refractivity contribution in [1.82, 2.24) is 4.98 Å². The van der Waals surface area contributed by atoms with Gasteiger partial charge in [-0.25, -0.2) is 0 Å². The number of hydrogen-bond acceptors (Lipinski definition) is 1. The van der Waals surface area contributed by atoms with Gasteiger partial charge < -0.3 is 4.98 Å². The first-order valence-corrected chi connectivity index (χ1v) is 12.0. The van der Waals surface area contributed by atoms with Crippen molar-refractivity contribution in [1.29, 1.82) is 0 Å². The first kappa shape index (κ1) is 19.5. The molecular weight excluding hydrogens is 473 g/mol. The minimum atomic E-state index is -0.556. The van der Waals surface area contributed by atoms with E-state index >= 15 is 0 Å². The van der Waals surface area contributed by atoms with E-state index in [1.807, 2.05) is 0 Å². The van der Waals surface area contributed by atoms with Gasteiger partial charge in [-0.15, -0.1) is 0 Å². The summed E-state index contributed by atoms with van der Waals surface area (Å²) in [4.78, 5) is 12.7. The normalized spacial score (nSPS) is 9.35. The van der Waals surface area contributed by atoms with Crippen LogP contribution < -0.4 is 5.56 Å². The van der Waals surface area contributed by atoms with Crippen LogP contribution in [0.4, 0.5) is 0 Å². The van der Waals surface area contributed by atoms with Gasteiger partial charge in [-0.05, 0) is 6.07 Å². The fraction of sp³-hybridized carbons (Fsp3) is 0.333. The van der Waals surface area contributed by atoms with Crippen molar-refractivity contribution in [2.45, 2.75) is 34.6 Å². The summed E-state index contributed by atoms with van der Waals surface area (Å²) < 4.78 is 0. The second-order valence-corrected chi connectivity index (χ2v) is 7.86. The minimum absolute atomic E-state index is 0.0532. The zero-order valence-electron chi connectivity index (χ0n) is 12.3. The van der Waals surface area contributed by atoms with E-state index in [0.29, 0.717) is 0 Å². The van der Waals surface area contributed by atoms with Gasteiger partial charge in [-0.1, -0.05) is 40.7 Å². The van der Waals surface area contributed by atoms with Gasteiger partial charge in [0.15, 0.2) is 0 Å². The number of H-pyrrole nitrogens is 1. The van der Waals surface area contributed by atoms with E-state index in [0.717, 1.165) is 0 Å². The van der Waals surface area contributed by atoms with Crippen molar-refractivity contribution in [3.63, 3.8) is 0 Å². The maximum absolute atomic E-state index is 10.2. The van der Waals surface area contributed by atoms with Gasteiger partial charge in [0, 0.05) is 12.3 Å². The number of rotatable bonds is 0. The van der Waals surface area contributed by atoms with Crippen LogP contribution in [0.3, 0.4) is 0 Å². The van der Waals surface area contributed by atoms with Crippen LogP contribution in [-0.2, 0) is 15.7 Å². The standard InChI is InChI=1S/C10H15.C5H5NO.2ClH.Ir/c1-6-7(2)9(4)10(5)8(6)3;7-5-3-1-2-4-6-5;;;/h1-5H3;1-4H,(H,6,7);2*1H;/q-1;;;;+3/p-2. The molecule has 20 heavy (non-hydrogen) atoms. The number of halogens is 2. The van der Waals surface area contributed by atoms with Crippen LogP contribution in [0.2, 0.25) is 0 Å². The Balaban J connectivity index is 0.000000315. The van der Waals surface area contributed by atoms with Gasteiger partial charge in [0.1, 0.15) is 0 Å². The Kier molecular flexibility index (Phi) is 10.0. The second kappa shape index (κ2) is 10.3. The maximum atomic E-state index is 10.2. The quantitative estimate of drug-likeness (QED) is 0.531. The molecule has 1 aromatic heterocycles. The fourth-order valence-electron chi connectivity index (χ4n) is 1.78. The summed E-state index contributed by atoms with van der Waals surface area (Å²) in [6.07, 6.45) is 1.60. The predicted octanol–water partition coefficient (Wildman–Crippen LogP) is 4.70. The molecule has 5 heteroatoms. The van der Waals surface area contributed by atoms with Crippen molar-refractivity contribution < 1.29 is 15.7 Å². The Bertz CT molecular complexity index is 478. The molecule has 0 fully saturated rings. The Morgan fingerprint density at radius 2 is 1.50 bits per heavy atom. The van der Waals surface area contributed by atoms with Gasteiger partial charge in [-0.2, -0.15) is 27.8 Å². The zero-order chi connectivity index (χ0) is 15.7. The average molecular weight is 493 g/mol. The van der Waals surface area contributed by atoms with Crippen LogP contribution in [-0.4, -0.2) is 4.98 Å². The molecule has 1 heterocycles. The van der Waals surface area contributed by atoms with E-state index in [1.165, 1.54) is 33.9 Å². The Morgan fingerprint density at radius 3 is 1.65 bits per heavy atom. The first-order chi connectivity index (χ1) is 9.36. The summed E-state index contributed by atoms with van der Waals surface area (Å²) in [5.74, 6) is 0. The van der Waals surface area contributed by atoms with Crippen molar-refractivity contribution in [2.75, 3.05) is 0 Å². The second-order valence-electron chi connectivity index (χ2n) is 4.40. The number of nitrogens with one attached hydrogen (secondary N) is 1. The van der Waals surface area contributed by atoms with E-state index < -0.39 is 15.7 Å². The molecule has 0 radical (unpaired) electrons. The Morgan fingerprint density at radius 1 is 1.05 bits per heavy atom. The van der Waals surface area contributed by atoms with Crippen molar-refractivity contribution in [2.24, 2.45) is 0 Å². The third-order valence-electron chi connectivity index (χ3n) is 3.49. The Labute approximate surface area is 136 Å². The fourth-order valence-corrected chi connectivity index (χ4v) is 1.78. The summed E-state index contributed by atoms with van der Waals surface area (Å²) >= 11 is -0.556. The summed E-state index contributed by atoms with van der Waals surface area (Å²) in [6.45, 7) is 11.0. The van der Waals surface area contributed by atoms with Gasteiger partial charge in [0.25, 0.3) is 0 Å². The third-order valence-corrected chi connectivity index (χ3v) is 3.49. The Hall–Kier alpha value is -0.471. The molecule has 0 atom stereocenters. The van der Waals surface area contributed by atoms with Gasteiger partial charge in [-0.3, -0.25) is 4.79 Å². The molecular formula is C15H20Cl2IrNO. The molecule has 0 aliphatic rings. The summed E-state index contributed by atoms with van der Waals surface area (Å²) in [6, 6.07) is 4.93. The van der Waals surface area contributed by atoms with Gasteiger partial charge >= 0.3 is 34.8 Å². The van der Waals surface area contributed by atoms with E-state index in [1.54, 1.807) is 18.3 Å². The molecule has 0 aliphatic heterocycles. The first-order valence-electron chi connectivity index (χ1n) is 6.03. The monoisotopic (exact) mass is 493 g/mol. The summed E-state index contributed by atoms with van der Waals surface area (Å²) in [5, 5.41) is 0. The number of aromatic nitrogens is 1. The third kappa shape index (κ3) is 6.32. The van der Waals surface area contributed by atoms with Crippen LogP contribution in [0, 0.1) is 34.6 Å². The van der Waals surface area contributed by atoms with Crippen LogP contribution in [0.5, 0.6) is 0 Å². The van der Waals surface area contributed by atoms with E-state index in [2.05, 4.69) is 39.6 Å². The average Bonchev–Trinajstić information content (AvgIpc) is 2.60. The molecule has 0 saturated carbocycles. The molecule has 2 aromatic rings. The molecule has 1 aromatic carbocycles. The molecule has 1 N–H and O–H groups in total. The molecule has 0 amide bonds. The van der Waals surface area contributed by atoms with E-state index in [9.17, 15) is 4.79 Å². The van der Waals surface area contributed by atoms with E-state index in [-0.39, 0.29) is 5.56 Å². The number of hydrogen-bond donors (Lipinski definition) is 1. The molecule has 2 nitrogen and oxygen atoms in total. The molecule has 0 aliphatic carbocycles.